The second-order valence-corrected chi connectivity index (χ2v) is 6.11. The quantitative estimate of drug-likeness (QED) is 0.875. The lowest BCUT2D eigenvalue weighted by molar-refractivity contribution is 0.0869. The number of nitrogens with two attached hydrogens (primary N) is 1. The van der Waals surface area contributed by atoms with Crippen LogP contribution in [0.5, 0.6) is 11.5 Å². The highest BCUT2D eigenvalue weighted by molar-refractivity contribution is 5.43. The van der Waals surface area contributed by atoms with Crippen LogP contribution in [0.3, 0.4) is 0 Å². The van der Waals surface area contributed by atoms with Crippen LogP contribution in [0.4, 0.5) is 0 Å². The first kappa shape index (κ1) is 16.1. The molecule has 0 spiro atoms. The van der Waals surface area contributed by atoms with E-state index in [1.807, 2.05) is 6.07 Å². The molecular weight excluding hydrogens is 264 g/mol. The lowest BCUT2D eigenvalue weighted by Gasteiger charge is -2.43. The summed E-state index contributed by atoms with van der Waals surface area (Å²) in [6.07, 6.45) is 4.83. The van der Waals surface area contributed by atoms with Gasteiger partial charge in [0.2, 0.25) is 0 Å². The van der Waals surface area contributed by atoms with E-state index >= 15 is 0 Å². The van der Waals surface area contributed by atoms with Crippen LogP contribution in [-0.2, 0) is 6.42 Å². The van der Waals surface area contributed by atoms with E-state index in [0.29, 0.717) is 6.54 Å². The topological polar surface area (TPSA) is 47.7 Å². The van der Waals surface area contributed by atoms with Crippen molar-refractivity contribution in [3.05, 3.63) is 23.8 Å². The van der Waals surface area contributed by atoms with Crippen molar-refractivity contribution in [2.24, 2.45) is 5.73 Å². The molecule has 118 valence electrons. The third-order valence-electron chi connectivity index (χ3n) is 4.59. The average Bonchev–Trinajstić information content (AvgIpc) is 2.55. The summed E-state index contributed by atoms with van der Waals surface area (Å²) in [7, 11) is 3.34. The van der Waals surface area contributed by atoms with Gasteiger partial charge in [-0.05, 0) is 57.0 Å². The standard InChI is InChI=1S/C17H28N2O2/c1-17(13-18,19-9-5-4-6-10-19)12-14-7-8-15(20-2)16(11-14)21-3/h7-8,11H,4-6,9-10,12-13,18H2,1-3H3. The Morgan fingerprint density at radius 1 is 1.10 bits per heavy atom. The second-order valence-electron chi connectivity index (χ2n) is 6.11. The number of hydrogen-bond donors (Lipinski definition) is 1. The summed E-state index contributed by atoms with van der Waals surface area (Å²) in [6.45, 7) is 5.25. The minimum absolute atomic E-state index is 0.0139. The van der Waals surface area contributed by atoms with Gasteiger partial charge in [-0.1, -0.05) is 12.5 Å². The van der Waals surface area contributed by atoms with Gasteiger partial charge in [-0.15, -0.1) is 0 Å². The first-order chi connectivity index (χ1) is 10.1. The van der Waals surface area contributed by atoms with Gasteiger partial charge in [-0.25, -0.2) is 0 Å². The van der Waals surface area contributed by atoms with E-state index < -0.39 is 0 Å². The normalized spacial score (nSPS) is 19.0. The number of hydrogen-bond acceptors (Lipinski definition) is 4. The van der Waals surface area contributed by atoms with Crippen LogP contribution in [-0.4, -0.2) is 44.3 Å². The van der Waals surface area contributed by atoms with Gasteiger partial charge in [0, 0.05) is 12.1 Å². The van der Waals surface area contributed by atoms with Crippen molar-refractivity contribution in [1.82, 2.24) is 4.90 Å². The Labute approximate surface area is 128 Å². The predicted octanol–water partition coefficient (Wildman–Crippen LogP) is 2.45. The van der Waals surface area contributed by atoms with Crippen molar-refractivity contribution in [2.75, 3.05) is 33.9 Å². The van der Waals surface area contributed by atoms with Crippen LogP contribution in [0.15, 0.2) is 18.2 Å². The minimum atomic E-state index is 0.0139. The van der Waals surface area contributed by atoms with E-state index in [4.69, 9.17) is 15.2 Å². The molecule has 21 heavy (non-hydrogen) atoms. The molecule has 2 N–H and O–H groups in total. The molecule has 1 aromatic rings. The molecule has 4 heteroatoms. The Kier molecular flexibility index (Phi) is 5.48. The average molecular weight is 292 g/mol. The van der Waals surface area contributed by atoms with Gasteiger partial charge in [0.05, 0.1) is 14.2 Å². The number of piperidine rings is 1. The molecule has 1 aliphatic heterocycles. The number of methoxy groups -OCH3 is 2. The SMILES string of the molecule is COc1ccc(CC(C)(CN)N2CCCCC2)cc1OC. The molecule has 0 aliphatic carbocycles. The number of rotatable bonds is 6. The van der Waals surface area contributed by atoms with Gasteiger partial charge in [0.1, 0.15) is 0 Å². The van der Waals surface area contributed by atoms with Crippen molar-refractivity contribution in [3.8, 4) is 11.5 Å². The minimum Gasteiger partial charge on any atom is -0.493 e. The van der Waals surface area contributed by atoms with Crippen molar-refractivity contribution in [1.29, 1.82) is 0 Å². The molecule has 1 heterocycles. The zero-order valence-corrected chi connectivity index (χ0v) is 13.5. The molecule has 0 radical (unpaired) electrons. The fraction of sp³-hybridized carbons (Fsp3) is 0.647. The Morgan fingerprint density at radius 3 is 2.33 bits per heavy atom. The van der Waals surface area contributed by atoms with Crippen LogP contribution >= 0.6 is 0 Å². The summed E-state index contributed by atoms with van der Waals surface area (Å²) in [5, 5.41) is 0. The van der Waals surface area contributed by atoms with Gasteiger partial charge >= 0.3 is 0 Å². The largest absolute Gasteiger partial charge is 0.493 e. The molecular formula is C17H28N2O2. The molecule has 1 saturated heterocycles. The Bertz CT molecular complexity index is 458. The van der Waals surface area contributed by atoms with E-state index in [2.05, 4.69) is 24.0 Å². The first-order valence-electron chi connectivity index (χ1n) is 7.79. The zero-order valence-electron chi connectivity index (χ0n) is 13.5. The molecule has 1 fully saturated rings. The highest BCUT2D eigenvalue weighted by atomic mass is 16.5. The lowest BCUT2D eigenvalue weighted by Crippen LogP contribution is -2.54. The van der Waals surface area contributed by atoms with Crippen molar-refractivity contribution in [3.63, 3.8) is 0 Å². The third-order valence-corrected chi connectivity index (χ3v) is 4.59. The van der Waals surface area contributed by atoms with Crippen LogP contribution in [0, 0.1) is 0 Å². The van der Waals surface area contributed by atoms with Crippen molar-refractivity contribution in [2.45, 2.75) is 38.1 Å². The van der Waals surface area contributed by atoms with Gasteiger partial charge in [-0.2, -0.15) is 0 Å². The van der Waals surface area contributed by atoms with Gasteiger partial charge < -0.3 is 15.2 Å². The predicted molar refractivity (Wildman–Crippen MR) is 86.1 cm³/mol. The maximum absolute atomic E-state index is 6.11. The van der Waals surface area contributed by atoms with Gasteiger partial charge in [0.15, 0.2) is 11.5 Å². The number of ether oxygens (including phenoxy) is 2. The van der Waals surface area contributed by atoms with Crippen LogP contribution in [0.2, 0.25) is 0 Å². The molecule has 1 unspecified atom stereocenters. The summed E-state index contributed by atoms with van der Waals surface area (Å²) in [4.78, 5) is 2.55. The second kappa shape index (κ2) is 7.14. The molecule has 0 aromatic heterocycles. The van der Waals surface area contributed by atoms with E-state index in [-0.39, 0.29) is 5.54 Å². The summed E-state index contributed by atoms with van der Waals surface area (Å²) in [5.41, 5.74) is 7.37. The molecule has 0 amide bonds. The van der Waals surface area contributed by atoms with E-state index in [0.717, 1.165) is 31.0 Å². The summed E-state index contributed by atoms with van der Waals surface area (Å²) >= 11 is 0. The molecule has 0 bridgehead atoms. The van der Waals surface area contributed by atoms with Gasteiger partial charge in [-0.3, -0.25) is 4.90 Å². The lowest BCUT2D eigenvalue weighted by atomic mass is 9.89. The molecule has 0 saturated carbocycles. The molecule has 4 nitrogen and oxygen atoms in total. The van der Waals surface area contributed by atoms with Crippen molar-refractivity contribution >= 4 is 0 Å². The summed E-state index contributed by atoms with van der Waals surface area (Å²) in [5.74, 6) is 1.56. The van der Waals surface area contributed by atoms with Crippen LogP contribution < -0.4 is 15.2 Å². The monoisotopic (exact) mass is 292 g/mol. The van der Waals surface area contributed by atoms with Crippen LogP contribution in [0.25, 0.3) is 0 Å². The fourth-order valence-corrected chi connectivity index (χ4v) is 3.18. The molecule has 2 rings (SSSR count). The van der Waals surface area contributed by atoms with Crippen molar-refractivity contribution < 1.29 is 9.47 Å². The van der Waals surface area contributed by atoms with Crippen LogP contribution in [0.1, 0.15) is 31.7 Å². The number of benzene rings is 1. The number of likely N-dealkylation sites (tertiary alicyclic amines) is 1. The van der Waals surface area contributed by atoms with Gasteiger partial charge in [0.25, 0.3) is 0 Å². The summed E-state index contributed by atoms with van der Waals surface area (Å²) < 4.78 is 10.7. The molecule has 1 atom stereocenters. The zero-order chi connectivity index (χ0) is 15.3. The van der Waals surface area contributed by atoms with E-state index in [1.165, 1.54) is 24.8 Å². The Morgan fingerprint density at radius 2 is 1.76 bits per heavy atom. The molecule has 1 aliphatic rings. The van der Waals surface area contributed by atoms with E-state index in [1.54, 1.807) is 14.2 Å². The first-order valence-corrected chi connectivity index (χ1v) is 7.79. The number of nitrogens with zero attached hydrogens (tertiary/aromatic N) is 1. The van der Waals surface area contributed by atoms with E-state index in [9.17, 15) is 0 Å². The Hall–Kier alpha value is -1.26. The highest BCUT2D eigenvalue weighted by Crippen LogP contribution is 2.31. The highest BCUT2D eigenvalue weighted by Gasteiger charge is 2.31. The third kappa shape index (κ3) is 3.69. The molecule has 1 aromatic carbocycles. The fourth-order valence-electron chi connectivity index (χ4n) is 3.18. The smallest absolute Gasteiger partial charge is 0.160 e. The maximum atomic E-state index is 6.11. The summed E-state index contributed by atoms with van der Waals surface area (Å²) in [6, 6.07) is 6.15. The maximum Gasteiger partial charge on any atom is 0.160 e. The Balaban J connectivity index is 2.17.